The molecule has 0 aliphatic carbocycles. The molecule has 0 unspecified atom stereocenters. The van der Waals surface area contributed by atoms with Gasteiger partial charge in [0.2, 0.25) is 0 Å². The Morgan fingerprint density at radius 1 is 1.47 bits per heavy atom. The molecule has 4 N–H and O–H groups in total. The number of H-pyrrole nitrogens is 1. The zero-order valence-electron chi connectivity index (χ0n) is 7.46. The summed E-state index contributed by atoms with van der Waals surface area (Å²) < 4.78 is 13.9. The zero-order valence-corrected chi connectivity index (χ0v) is 9.05. The molecule has 0 fully saturated rings. The molecular weight excluding hydrogens is 265 g/mol. The van der Waals surface area contributed by atoms with E-state index in [4.69, 9.17) is 5.73 Å². The second-order valence-corrected chi connectivity index (χ2v) is 3.81. The van der Waals surface area contributed by atoms with Crippen molar-refractivity contribution in [2.24, 2.45) is 0 Å². The second kappa shape index (κ2) is 3.54. The smallest absolute Gasteiger partial charge is 0.145 e. The van der Waals surface area contributed by atoms with Gasteiger partial charge in [0.15, 0.2) is 0 Å². The van der Waals surface area contributed by atoms with Crippen LogP contribution in [0.15, 0.2) is 22.7 Å². The summed E-state index contributed by atoms with van der Waals surface area (Å²) in [5, 5.41) is 15.9. The maximum absolute atomic E-state index is 13.5. The molecule has 0 amide bonds. The summed E-state index contributed by atoms with van der Waals surface area (Å²) in [7, 11) is 0. The quantitative estimate of drug-likeness (QED) is 0.745. The van der Waals surface area contributed by atoms with E-state index in [1.54, 1.807) is 0 Å². The van der Waals surface area contributed by atoms with Crippen LogP contribution >= 0.6 is 15.9 Å². The van der Waals surface area contributed by atoms with Crippen molar-refractivity contribution in [2.45, 2.75) is 0 Å². The molecule has 2 aromatic rings. The monoisotopic (exact) mass is 271 g/mol. The molecule has 0 saturated heterocycles. The van der Waals surface area contributed by atoms with Crippen molar-refractivity contribution in [3.05, 3.63) is 28.5 Å². The summed E-state index contributed by atoms with van der Waals surface area (Å²) in [6.07, 6.45) is 0. The number of aromatic amines is 1. The van der Waals surface area contributed by atoms with Crippen LogP contribution in [0.5, 0.6) is 5.75 Å². The highest BCUT2D eigenvalue weighted by atomic mass is 79.9. The van der Waals surface area contributed by atoms with E-state index >= 15 is 0 Å². The zero-order chi connectivity index (χ0) is 11.0. The molecule has 0 aliphatic rings. The van der Waals surface area contributed by atoms with Gasteiger partial charge in [-0.1, -0.05) is 0 Å². The van der Waals surface area contributed by atoms with Gasteiger partial charge in [0, 0.05) is 6.07 Å². The molecule has 0 saturated carbocycles. The van der Waals surface area contributed by atoms with Gasteiger partial charge in [-0.3, -0.25) is 5.10 Å². The molecule has 0 atom stereocenters. The van der Waals surface area contributed by atoms with E-state index in [-0.39, 0.29) is 17.1 Å². The number of hydrogen-bond donors (Lipinski definition) is 3. The number of benzene rings is 1. The molecule has 78 valence electrons. The van der Waals surface area contributed by atoms with Crippen molar-refractivity contribution in [3.8, 4) is 17.0 Å². The molecule has 1 heterocycles. The fourth-order valence-corrected chi connectivity index (χ4v) is 1.59. The van der Waals surface area contributed by atoms with Crippen LogP contribution in [0.25, 0.3) is 11.3 Å². The number of aromatic hydroxyl groups is 1. The predicted molar refractivity (Wildman–Crippen MR) is 57.8 cm³/mol. The Morgan fingerprint density at radius 2 is 2.20 bits per heavy atom. The van der Waals surface area contributed by atoms with E-state index in [9.17, 15) is 9.50 Å². The topological polar surface area (TPSA) is 74.9 Å². The van der Waals surface area contributed by atoms with Gasteiger partial charge in [-0.25, -0.2) is 4.39 Å². The summed E-state index contributed by atoms with van der Waals surface area (Å²) >= 11 is 3.10. The lowest BCUT2D eigenvalue weighted by Gasteiger charge is -2.04. The predicted octanol–water partition coefficient (Wildman–Crippen LogP) is 2.27. The van der Waals surface area contributed by atoms with E-state index < -0.39 is 5.82 Å². The fourth-order valence-electron chi connectivity index (χ4n) is 1.26. The first-order chi connectivity index (χ1) is 7.09. The van der Waals surface area contributed by atoms with Gasteiger partial charge in [0.05, 0.1) is 15.7 Å². The van der Waals surface area contributed by atoms with Gasteiger partial charge < -0.3 is 10.8 Å². The summed E-state index contributed by atoms with van der Waals surface area (Å²) in [5.74, 6) is -0.484. The van der Waals surface area contributed by atoms with Gasteiger partial charge in [-0.15, -0.1) is 0 Å². The van der Waals surface area contributed by atoms with E-state index in [1.807, 2.05) is 0 Å². The number of nitrogens with two attached hydrogens (primary N) is 1. The molecule has 0 aliphatic heterocycles. The highest BCUT2D eigenvalue weighted by Gasteiger charge is 2.15. The minimum atomic E-state index is -0.542. The Kier molecular flexibility index (Phi) is 2.36. The average molecular weight is 272 g/mol. The Labute approximate surface area is 93.1 Å². The highest BCUT2D eigenvalue weighted by molar-refractivity contribution is 9.10. The van der Waals surface area contributed by atoms with E-state index in [0.717, 1.165) is 0 Å². The molecule has 15 heavy (non-hydrogen) atoms. The number of halogens is 2. The molecule has 1 aromatic carbocycles. The van der Waals surface area contributed by atoms with Crippen LogP contribution in [0.4, 0.5) is 10.2 Å². The Hall–Kier alpha value is -1.56. The lowest BCUT2D eigenvalue weighted by atomic mass is 10.1. The van der Waals surface area contributed by atoms with E-state index in [0.29, 0.717) is 10.2 Å². The lowest BCUT2D eigenvalue weighted by Crippen LogP contribution is -1.86. The molecule has 1 aromatic heterocycles. The van der Waals surface area contributed by atoms with E-state index in [1.165, 1.54) is 18.2 Å². The lowest BCUT2D eigenvalue weighted by molar-refractivity contribution is 0.468. The highest BCUT2D eigenvalue weighted by Crippen LogP contribution is 2.36. The van der Waals surface area contributed by atoms with Gasteiger partial charge >= 0.3 is 0 Å². The van der Waals surface area contributed by atoms with Crippen molar-refractivity contribution < 1.29 is 9.50 Å². The van der Waals surface area contributed by atoms with Crippen LogP contribution in [0.1, 0.15) is 0 Å². The van der Waals surface area contributed by atoms with Gasteiger partial charge in [0.1, 0.15) is 17.4 Å². The minimum absolute atomic E-state index is 0.0496. The van der Waals surface area contributed by atoms with Gasteiger partial charge in [-0.05, 0) is 28.1 Å². The van der Waals surface area contributed by atoms with Crippen molar-refractivity contribution in [1.82, 2.24) is 10.2 Å². The Morgan fingerprint density at radius 3 is 2.80 bits per heavy atom. The summed E-state index contributed by atoms with van der Waals surface area (Å²) in [6, 6.07) is 4.12. The maximum Gasteiger partial charge on any atom is 0.145 e. The first-order valence-corrected chi connectivity index (χ1v) is 4.87. The van der Waals surface area contributed by atoms with Crippen molar-refractivity contribution in [2.75, 3.05) is 5.73 Å². The van der Waals surface area contributed by atoms with Crippen LogP contribution in [-0.2, 0) is 0 Å². The minimum Gasteiger partial charge on any atom is -0.506 e. The number of nitrogens with one attached hydrogen (secondary N) is 1. The first kappa shape index (κ1) is 9.97. The number of aromatic nitrogens is 2. The molecule has 2 rings (SSSR count). The Bertz CT molecular complexity index is 512. The summed E-state index contributed by atoms with van der Waals surface area (Å²) in [4.78, 5) is 0. The largest absolute Gasteiger partial charge is 0.506 e. The third kappa shape index (κ3) is 1.68. The van der Waals surface area contributed by atoms with Crippen LogP contribution in [-0.4, -0.2) is 15.3 Å². The number of phenols is 1. The fraction of sp³-hybridized carbons (Fsp3) is 0. The van der Waals surface area contributed by atoms with Crippen LogP contribution in [0.2, 0.25) is 0 Å². The maximum atomic E-state index is 13.5. The number of rotatable bonds is 1. The molecule has 6 heteroatoms. The second-order valence-electron chi connectivity index (χ2n) is 2.96. The summed E-state index contributed by atoms with van der Waals surface area (Å²) in [5.41, 5.74) is 5.78. The number of phenolic OH excluding ortho intramolecular Hbond substituents is 1. The van der Waals surface area contributed by atoms with Gasteiger partial charge in [0.25, 0.3) is 0 Å². The average Bonchev–Trinajstić information content (AvgIpc) is 2.59. The third-order valence-corrected chi connectivity index (χ3v) is 2.58. The van der Waals surface area contributed by atoms with Crippen LogP contribution in [0, 0.1) is 5.82 Å². The Balaban J connectivity index is 2.66. The normalized spacial score (nSPS) is 10.5. The van der Waals surface area contributed by atoms with Gasteiger partial charge in [-0.2, -0.15) is 5.10 Å². The van der Waals surface area contributed by atoms with Crippen molar-refractivity contribution in [1.29, 1.82) is 0 Å². The summed E-state index contributed by atoms with van der Waals surface area (Å²) in [6.45, 7) is 0. The number of nitrogens with zero attached hydrogens (tertiary/aromatic N) is 1. The van der Waals surface area contributed by atoms with Crippen LogP contribution in [0.3, 0.4) is 0 Å². The standard InChI is InChI=1S/C9H7BrFN3O/c10-4-1-2-5(11)8(9(4)15)6-3-7(12)14-13-6/h1-3,15H,(H3,12,13,14). The molecule has 0 bridgehead atoms. The molecule has 4 nitrogen and oxygen atoms in total. The van der Waals surface area contributed by atoms with Crippen LogP contribution < -0.4 is 5.73 Å². The van der Waals surface area contributed by atoms with Crippen molar-refractivity contribution in [3.63, 3.8) is 0 Å². The SMILES string of the molecule is Nc1cc(-c2c(F)ccc(Br)c2O)[nH]n1. The first-order valence-electron chi connectivity index (χ1n) is 4.08. The third-order valence-electron chi connectivity index (χ3n) is 1.94. The number of hydrogen-bond acceptors (Lipinski definition) is 3. The van der Waals surface area contributed by atoms with Crippen molar-refractivity contribution >= 4 is 21.7 Å². The number of nitrogen functional groups attached to an aromatic ring is 1. The molecule has 0 spiro atoms. The number of anilines is 1. The van der Waals surface area contributed by atoms with E-state index in [2.05, 4.69) is 26.1 Å². The molecule has 0 radical (unpaired) electrons. The molecular formula is C9H7BrFN3O.